The van der Waals surface area contributed by atoms with Crippen molar-refractivity contribution < 1.29 is 22.7 Å². The van der Waals surface area contributed by atoms with Gasteiger partial charge in [0.2, 0.25) is 0 Å². The van der Waals surface area contributed by atoms with E-state index in [0.717, 1.165) is 18.2 Å². The fourth-order valence-electron chi connectivity index (χ4n) is 4.57. The van der Waals surface area contributed by atoms with Gasteiger partial charge in [-0.25, -0.2) is 4.79 Å². The number of anilines is 1. The van der Waals surface area contributed by atoms with E-state index in [1.165, 1.54) is 12.1 Å². The van der Waals surface area contributed by atoms with Crippen molar-refractivity contribution in [2.24, 2.45) is 5.92 Å². The molecule has 4 atom stereocenters. The zero-order valence-electron chi connectivity index (χ0n) is 18.7. The number of hydrogen-bond acceptors (Lipinski definition) is 4. The van der Waals surface area contributed by atoms with Crippen LogP contribution in [0.4, 0.5) is 23.7 Å². The third kappa shape index (κ3) is 5.42. The highest BCUT2D eigenvalue weighted by Crippen LogP contribution is 2.52. The lowest BCUT2D eigenvalue weighted by Crippen LogP contribution is -2.42. The summed E-state index contributed by atoms with van der Waals surface area (Å²) in [4.78, 5) is 14.1. The summed E-state index contributed by atoms with van der Waals surface area (Å²) in [5.41, 5.74) is 1.52. The molecule has 9 heteroatoms. The average Bonchev–Trinajstić information content (AvgIpc) is 3.21. The van der Waals surface area contributed by atoms with E-state index in [2.05, 4.69) is 16.0 Å². The van der Waals surface area contributed by atoms with Crippen LogP contribution in [0.1, 0.15) is 35.3 Å². The number of nitrogens with zero attached hydrogens (tertiary/aromatic N) is 1. The molecule has 0 saturated carbocycles. The maximum Gasteiger partial charge on any atom is 0.416 e. The van der Waals surface area contributed by atoms with E-state index in [-0.39, 0.29) is 30.6 Å². The number of ether oxygens (including phenoxy) is 1. The minimum atomic E-state index is -4.43. The monoisotopic (exact) mass is 462 g/mol. The highest BCUT2D eigenvalue weighted by molar-refractivity contribution is 5.73. The molecule has 0 radical (unpaired) electrons. The summed E-state index contributed by atoms with van der Waals surface area (Å²) in [6.07, 6.45) is -4.60. The Morgan fingerprint density at radius 1 is 1.15 bits per heavy atom. The molecule has 2 aliphatic heterocycles. The molecule has 1 saturated heterocycles. The second-order valence-corrected chi connectivity index (χ2v) is 8.85. The Balaban J connectivity index is 1.52. The van der Waals surface area contributed by atoms with Gasteiger partial charge in [-0.1, -0.05) is 30.3 Å². The normalized spacial score (nSPS) is 24.1. The summed E-state index contributed by atoms with van der Waals surface area (Å²) in [5.74, 6) is -0.0630. The second kappa shape index (κ2) is 9.61. The highest BCUT2D eigenvalue weighted by atomic mass is 19.4. The summed E-state index contributed by atoms with van der Waals surface area (Å²) >= 11 is 0. The van der Waals surface area contributed by atoms with Crippen molar-refractivity contribution in [1.82, 2.24) is 15.5 Å². The largest absolute Gasteiger partial charge is 0.416 e. The van der Waals surface area contributed by atoms with Gasteiger partial charge in [0.15, 0.2) is 0 Å². The van der Waals surface area contributed by atoms with Gasteiger partial charge in [0.1, 0.15) is 0 Å². The van der Waals surface area contributed by atoms with Crippen molar-refractivity contribution in [1.29, 1.82) is 0 Å². The van der Waals surface area contributed by atoms with Crippen LogP contribution in [0.15, 0.2) is 48.5 Å². The fourth-order valence-corrected chi connectivity index (χ4v) is 4.57. The predicted octanol–water partition coefficient (Wildman–Crippen LogP) is 4.18. The van der Waals surface area contributed by atoms with Gasteiger partial charge in [0.25, 0.3) is 0 Å². The van der Waals surface area contributed by atoms with Crippen LogP contribution in [0.3, 0.4) is 0 Å². The number of carbonyl (C=O) groups excluding carboxylic acids is 1. The number of rotatable bonds is 6. The van der Waals surface area contributed by atoms with E-state index < -0.39 is 17.8 Å². The Morgan fingerprint density at radius 3 is 2.61 bits per heavy atom. The molecule has 4 rings (SSSR count). The van der Waals surface area contributed by atoms with Crippen molar-refractivity contribution in [3.05, 3.63) is 65.2 Å². The summed E-state index contributed by atoms with van der Waals surface area (Å²) in [7, 11) is 3.85. The number of benzene rings is 2. The number of urea groups is 1. The minimum Gasteiger partial charge on any atom is -0.378 e. The molecule has 6 nitrogen and oxygen atoms in total. The van der Waals surface area contributed by atoms with E-state index in [4.69, 9.17) is 4.74 Å². The van der Waals surface area contributed by atoms with Crippen LogP contribution in [0.25, 0.3) is 0 Å². The second-order valence-electron chi connectivity index (χ2n) is 8.85. The van der Waals surface area contributed by atoms with E-state index in [1.54, 1.807) is 0 Å². The van der Waals surface area contributed by atoms with Crippen LogP contribution < -0.4 is 16.0 Å². The summed E-state index contributed by atoms with van der Waals surface area (Å²) in [5, 5.41) is 9.05. The molecule has 2 heterocycles. The van der Waals surface area contributed by atoms with Gasteiger partial charge in [-0.05, 0) is 44.3 Å². The van der Waals surface area contributed by atoms with E-state index in [1.807, 2.05) is 49.3 Å². The highest BCUT2D eigenvalue weighted by Gasteiger charge is 2.46. The lowest BCUT2D eigenvalue weighted by molar-refractivity contribution is -0.137. The van der Waals surface area contributed by atoms with Crippen molar-refractivity contribution in [3.8, 4) is 0 Å². The Kier molecular flexibility index (Phi) is 6.81. The first-order valence-corrected chi connectivity index (χ1v) is 11.1. The van der Waals surface area contributed by atoms with E-state index in [9.17, 15) is 18.0 Å². The molecule has 2 aromatic carbocycles. The fraction of sp³-hybridized carbons (Fsp3) is 0.458. The molecule has 0 aliphatic carbocycles. The Morgan fingerprint density at radius 2 is 1.91 bits per heavy atom. The van der Waals surface area contributed by atoms with Crippen LogP contribution in [0.2, 0.25) is 0 Å². The summed E-state index contributed by atoms with van der Waals surface area (Å²) in [6.45, 7) is 1.53. The van der Waals surface area contributed by atoms with Crippen LogP contribution in [-0.2, 0) is 10.9 Å². The molecule has 1 fully saturated rings. The number of carbonyl (C=O) groups is 1. The lowest BCUT2D eigenvalue weighted by Gasteiger charge is -2.36. The van der Waals surface area contributed by atoms with Gasteiger partial charge in [0.05, 0.1) is 23.8 Å². The third-order valence-electron chi connectivity index (χ3n) is 6.18. The first-order chi connectivity index (χ1) is 15.7. The number of likely N-dealkylation sites (N-methyl/N-ethyl adjacent to an activating group) is 1. The first-order valence-electron chi connectivity index (χ1n) is 11.1. The predicted molar refractivity (Wildman–Crippen MR) is 120 cm³/mol. The topological polar surface area (TPSA) is 65.6 Å². The SMILES string of the molecule is CN(C)CCNC(=O)NCC1CC2C(c3ccccc3)Nc3ccc(C(F)(F)F)cc3C2O1. The maximum absolute atomic E-state index is 13.4. The van der Waals surface area contributed by atoms with Crippen molar-refractivity contribution in [2.45, 2.75) is 30.8 Å². The van der Waals surface area contributed by atoms with Crippen molar-refractivity contribution in [3.63, 3.8) is 0 Å². The number of fused-ring (bicyclic) bond motifs is 3. The quantitative estimate of drug-likeness (QED) is 0.603. The molecule has 178 valence electrons. The standard InChI is InChI=1S/C24H29F3N4O2/c1-31(2)11-10-28-23(32)29-14-17-13-19-21(15-6-4-3-5-7-15)30-20-9-8-16(24(25,26)27)12-18(20)22(19)33-17/h3-9,12,17,19,21-22,30H,10-11,13-14H2,1-2H3,(H2,28,29,32). The van der Waals surface area contributed by atoms with Gasteiger partial charge in [0, 0.05) is 36.8 Å². The third-order valence-corrected chi connectivity index (χ3v) is 6.18. The molecule has 33 heavy (non-hydrogen) atoms. The molecule has 0 aromatic heterocycles. The van der Waals surface area contributed by atoms with Gasteiger partial charge in [-0.3, -0.25) is 0 Å². The van der Waals surface area contributed by atoms with Crippen LogP contribution >= 0.6 is 0 Å². The molecular weight excluding hydrogens is 433 g/mol. The van der Waals surface area contributed by atoms with E-state index >= 15 is 0 Å². The molecule has 0 bridgehead atoms. The summed E-state index contributed by atoms with van der Waals surface area (Å²) in [6, 6.07) is 13.2. The van der Waals surface area contributed by atoms with Crippen LogP contribution in [0.5, 0.6) is 0 Å². The van der Waals surface area contributed by atoms with Crippen LogP contribution in [0, 0.1) is 5.92 Å². The number of hydrogen-bond donors (Lipinski definition) is 3. The zero-order chi connectivity index (χ0) is 23.6. The number of halogens is 3. The molecule has 3 N–H and O–H groups in total. The summed E-state index contributed by atoms with van der Waals surface area (Å²) < 4.78 is 46.3. The molecular formula is C24H29F3N4O2. The van der Waals surface area contributed by atoms with E-state index in [0.29, 0.717) is 24.2 Å². The Bertz CT molecular complexity index is 968. The van der Waals surface area contributed by atoms with Crippen molar-refractivity contribution in [2.75, 3.05) is 39.0 Å². The molecule has 2 aliphatic rings. The van der Waals surface area contributed by atoms with Gasteiger partial charge in [-0.15, -0.1) is 0 Å². The average molecular weight is 463 g/mol. The first kappa shape index (κ1) is 23.4. The Labute approximate surface area is 191 Å². The molecule has 0 spiro atoms. The number of nitrogens with one attached hydrogen (secondary N) is 3. The van der Waals surface area contributed by atoms with Gasteiger partial charge in [-0.2, -0.15) is 13.2 Å². The lowest BCUT2D eigenvalue weighted by atomic mass is 9.80. The number of amides is 2. The smallest absolute Gasteiger partial charge is 0.378 e. The minimum absolute atomic E-state index is 0.0630. The number of alkyl halides is 3. The Hall–Kier alpha value is -2.78. The van der Waals surface area contributed by atoms with Gasteiger partial charge >= 0.3 is 12.2 Å². The zero-order valence-corrected chi connectivity index (χ0v) is 18.7. The molecule has 4 unspecified atom stereocenters. The maximum atomic E-state index is 13.4. The molecule has 2 aromatic rings. The van der Waals surface area contributed by atoms with Crippen LogP contribution in [-0.4, -0.2) is 50.8 Å². The van der Waals surface area contributed by atoms with Crippen molar-refractivity contribution >= 4 is 11.7 Å². The molecule has 2 amide bonds. The van der Waals surface area contributed by atoms with Gasteiger partial charge < -0.3 is 25.6 Å².